The van der Waals surface area contributed by atoms with Crippen molar-refractivity contribution in [3.8, 4) is 5.75 Å². The van der Waals surface area contributed by atoms with Crippen LogP contribution in [0.15, 0.2) is 24.3 Å². The van der Waals surface area contributed by atoms with Gasteiger partial charge in [0.15, 0.2) is 0 Å². The molecule has 0 spiro atoms. The molecule has 1 fully saturated rings. The van der Waals surface area contributed by atoms with Gasteiger partial charge >= 0.3 is 6.36 Å². The third-order valence-electron chi connectivity index (χ3n) is 4.47. The molecule has 0 saturated carbocycles. The molecule has 2 rings (SSSR count). The Bertz CT molecular complexity index is 709. The van der Waals surface area contributed by atoms with Gasteiger partial charge in [0.25, 0.3) is 5.91 Å². The molecule has 0 radical (unpaired) electrons. The fourth-order valence-corrected chi connectivity index (χ4v) is 3.18. The highest BCUT2D eigenvalue weighted by Gasteiger charge is 2.31. The second kappa shape index (κ2) is 9.47. The van der Waals surface area contributed by atoms with E-state index in [1.807, 2.05) is 20.8 Å². The lowest BCUT2D eigenvalue weighted by molar-refractivity contribution is -0.274. The van der Waals surface area contributed by atoms with Gasteiger partial charge in [-0.05, 0) is 70.8 Å². The Morgan fingerprint density at radius 3 is 2.41 bits per heavy atom. The van der Waals surface area contributed by atoms with Gasteiger partial charge in [-0.3, -0.25) is 14.5 Å². The molecule has 162 valence electrons. The molecule has 0 unspecified atom stereocenters. The average molecular weight is 415 g/mol. The zero-order chi connectivity index (χ0) is 21.7. The van der Waals surface area contributed by atoms with Crippen LogP contribution >= 0.6 is 0 Å². The highest BCUT2D eigenvalue weighted by atomic mass is 19.4. The van der Waals surface area contributed by atoms with Gasteiger partial charge in [-0.25, -0.2) is 0 Å². The number of benzene rings is 1. The molecule has 1 aliphatic heterocycles. The van der Waals surface area contributed by atoms with Crippen molar-refractivity contribution >= 4 is 11.8 Å². The molecule has 0 aromatic heterocycles. The Balaban J connectivity index is 1.75. The first-order valence-corrected chi connectivity index (χ1v) is 9.59. The van der Waals surface area contributed by atoms with Crippen molar-refractivity contribution in [2.24, 2.45) is 5.92 Å². The normalized spacial score (nSPS) is 16.3. The summed E-state index contributed by atoms with van der Waals surface area (Å²) in [7, 11) is 0. The van der Waals surface area contributed by atoms with Crippen LogP contribution < -0.4 is 15.4 Å². The summed E-state index contributed by atoms with van der Waals surface area (Å²) in [5, 5.41) is 5.71. The van der Waals surface area contributed by atoms with E-state index in [4.69, 9.17) is 0 Å². The monoisotopic (exact) mass is 415 g/mol. The average Bonchev–Trinajstić information content (AvgIpc) is 2.58. The number of carbonyl (C=O) groups is 2. The van der Waals surface area contributed by atoms with Crippen LogP contribution in [-0.2, 0) is 4.79 Å². The summed E-state index contributed by atoms with van der Waals surface area (Å²) in [6.45, 7) is 8.11. The first kappa shape index (κ1) is 23.0. The quantitative estimate of drug-likeness (QED) is 0.750. The first-order valence-electron chi connectivity index (χ1n) is 9.59. The van der Waals surface area contributed by atoms with E-state index in [1.54, 1.807) is 0 Å². The molecule has 0 aliphatic carbocycles. The molecular weight excluding hydrogens is 387 g/mol. The predicted molar refractivity (Wildman–Crippen MR) is 103 cm³/mol. The highest BCUT2D eigenvalue weighted by molar-refractivity contribution is 5.94. The van der Waals surface area contributed by atoms with Gasteiger partial charge < -0.3 is 15.4 Å². The number of ether oxygens (including phenoxy) is 1. The number of hydrogen-bond donors (Lipinski definition) is 2. The van der Waals surface area contributed by atoms with Crippen molar-refractivity contribution in [3.05, 3.63) is 29.8 Å². The summed E-state index contributed by atoms with van der Waals surface area (Å²) in [5.41, 5.74) is -0.148. The molecule has 1 saturated heterocycles. The molecule has 6 nitrogen and oxygen atoms in total. The van der Waals surface area contributed by atoms with Crippen LogP contribution in [0.4, 0.5) is 13.2 Å². The van der Waals surface area contributed by atoms with Crippen LogP contribution in [0.5, 0.6) is 5.75 Å². The van der Waals surface area contributed by atoms with Gasteiger partial charge in [0.05, 0.1) is 6.54 Å². The van der Waals surface area contributed by atoms with Crippen LogP contribution in [-0.4, -0.2) is 54.8 Å². The summed E-state index contributed by atoms with van der Waals surface area (Å²) in [4.78, 5) is 26.3. The van der Waals surface area contributed by atoms with E-state index in [-0.39, 0.29) is 22.9 Å². The molecule has 1 aromatic rings. The lowest BCUT2D eigenvalue weighted by Gasteiger charge is -2.32. The lowest BCUT2D eigenvalue weighted by atomic mass is 9.96. The van der Waals surface area contributed by atoms with E-state index >= 15 is 0 Å². The molecular formula is C20H28F3N3O3. The van der Waals surface area contributed by atoms with Crippen LogP contribution in [0.1, 0.15) is 44.0 Å². The number of nitrogens with zero attached hydrogens (tertiary/aromatic N) is 1. The Labute approximate surface area is 168 Å². The summed E-state index contributed by atoms with van der Waals surface area (Å²) in [5.74, 6) is -0.614. The number of hydrogen-bond acceptors (Lipinski definition) is 4. The SMILES string of the molecule is CC(C)(C)NC(=O)CN1CCC(CNC(=O)c2cccc(OC(F)(F)F)c2)CC1. The van der Waals surface area contributed by atoms with Crippen molar-refractivity contribution < 1.29 is 27.5 Å². The van der Waals surface area contributed by atoms with E-state index in [0.717, 1.165) is 38.1 Å². The van der Waals surface area contributed by atoms with E-state index in [1.165, 1.54) is 12.1 Å². The van der Waals surface area contributed by atoms with Crippen LogP contribution in [0.2, 0.25) is 0 Å². The van der Waals surface area contributed by atoms with Crippen molar-refractivity contribution in [2.45, 2.75) is 45.5 Å². The first-order chi connectivity index (χ1) is 13.4. The third kappa shape index (κ3) is 8.72. The minimum atomic E-state index is -4.80. The second-order valence-electron chi connectivity index (χ2n) is 8.30. The molecule has 0 atom stereocenters. The van der Waals surface area contributed by atoms with Gasteiger partial charge in [-0.15, -0.1) is 13.2 Å². The standard InChI is InChI=1S/C20H28F3N3O3/c1-19(2,3)25-17(27)13-26-9-7-14(8-10-26)12-24-18(28)15-5-4-6-16(11-15)29-20(21,22)23/h4-6,11,14H,7-10,12-13H2,1-3H3,(H,24,28)(H,25,27). The molecule has 29 heavy (non-hydrogen) atoms. The van der Waals surface area contributed by atoms with Crippen LogP contribution in [0.25, 0.3) is 0 Å². The zero-order valence-corrected chi connectivity index (χ0v) is 16.9. The van der Waals surface area contributed by atoms with Crippen LogP contribution in [0.3, 0.4) is 0 Å². The van der Waals surface area contributed by atoms with Gasteiger partial charge in [-0.2, -0.15) is 0 Å². The summed E-state index contributed by atoms with van der Waals surface area (Å²) in [6.07, 6.45) is -3.13. The molecule has 9 heteroatoms. The van der Waals surface area contributed by atoms with E-state index < -0.39 is 18.0 Å². The Morgan fingerprint density at radius 2 is 1.83 bits per heavy atom. The van der Waals surface area contributed by atoms with E-state index in [9.17, 15) is 22.8 Å². The fourth-order valence-electron chi connectivity index (χ4n) is 3.18. The molecule has 1 aromatic carbocycles. The molecule has 1 heterocycles. The zero-order valence-electron chi connectivity index (χ0n) is 16.9. The number of piperidine rings is 1. The summed E-state index contributed by atoms with van der Waals surface area (Å²) < 4.78 is 40.8. The van der Waals surface area contributed by atoms with Gasteiger partial charge in [0, 0.05) is 17.6 Å². The maximum Gasteiger partial charge on any atom is 0.573 e. The van der Waals surface area contributed by atoms with Gasteiger partial charge in [0.2, 0.25) is 5.91 Å². The largest absolute Gasteiger partial charge is 0.573 e. The number of likely N-dealkylation sites (tertiary alicyclic amines) is 1. The number of halogens is 3. The number of rotatable bonds is 6. The minimum absolute atomic E-state index is 0.00906. The molecule has 1 aliphatic rings. The van der Waals surface area contributed by atoms with Crippen molar-refractivity contribution in [3.63, 3.8) is 0 Å². The molecule has 0 bridgehead atoms. The topological polar surface area (TPSA) is 70.7 Å². The van der Waals surface area contributed by atoms with E-state index in [0.29, 0.717) is 13.1 Å². The van der Waals surface area contributed by atoms with Gasteiger partial charge in [-0.1, -0.05) is 6.07 Å². The summed E-state index contributed by atoms with van der Waals surface area (Å²) in [6, 6.07) is 5.00. The third-order valence-corrected chi connectivity index (χ3v) is 4.47. The molecule has 2 N–H and O–H groups in total. The number of carbonyl (C=O) groups excluding carboxylic acids is 2. The number of alkyl halides is 3. The smallest absolute Gasteiger partial charge is 0.406 e. The Morgan fingerprint density at radius 1 is 1.17 bits per heavy atom. The lowest BCUT2D eigenvalue weighted by Crippen LogP contribution is -2.48. The second-order valence-corrected chi connectivity index (χ2v) is 8.30. The Kier molecular flexibility index (Phi) is 7.51. The van der Waals surface area contributed by atoms with Crippen LogP contribution in [0, 0.1) is 5.92 Å². The fraction of sp³-hybridized carbons (Fsp3) is 0.600. The predicted octanol–water partition coefficient (Wildman–Crippen LogP) is 2.94. The number of amides is 2. The van der Waals surface area contributed by atoms with Crippen molar-refractivity contribution in [1.29, 1.82) is 0 Å². The maximum absolute atomic E-state index is 12.3. The van der Waals surface area contributed by atoms with Crippen molar-refractivity contribution in [2.75, 3.05) is 26.2 Å². The minimum Gasteiger partial charge on any atom is -0.406 e. The number of nitrogens with one attached hydrogen (secondary N) is 2. The Hall–Kier alpha value is -2.29. The van der Waals surface area contributed by atoms with Gasteiger partial charge in [0.1, 0.15) is 5.75 Å². The van der Waals surface area contributed by atoms with E-state index in [2.05, 4.69) is 20.3 Å². The maximum atomic E-state index is 12.3. The summed E-state index contributed by atoms with van der Waals surface area (Å²) >= 11 is 0. The molecule has 2 amide bonds. The highest BCUT2D eigenvalue weighted by Crippen LogP contribution is 2.23. The van der Waals surface area contributed by atoms with Crippen molar-refractivity contribution in [1.82, 2.24) is 15.5 Å².